The second-order valence-electron chi connectivity index (χ2n) is 5.26. The first kappa shape index (κ1) is 16.6. The van der Waals surface area contributed by atoms with Crippen molar-refractivity contribution in [2.24, 2.45) is 5.92 Å². The molecule has 1 rings (SSSR count). The molecule has 108 valence electrons. The number of halogens is 1. The molecule has 0 aromatic carbocycles. The Morgan fingerprint density at radius 1 is 1.47 bits per heavy atom. The van der Waals surface area contributed by atoms with E-state index in [1.165, 1.54) is 18.5 Å². The summed E-state index contributed by atoms with van der Waals surface area (Å²) in [5.41, 5.74) is -1.07. The van der Waals surface area contributed by atoms with Crippen molar-refractivity contribution in [1.82, 2.24) is 9.71 Å². The van der Waals surface area contributed by atoms with Crippen LogP contribution in [0.2, 0.25) is 0 Å². The van der Waals surface area contributed by atoms with Crippen LogP contribution in [0.4, 0.5) is 0 Å². The Morgan fingerprint density at radius 3 is 2.63 bits per heavy atom. The third-order valence-corrected chi connectivity index (χ3v) is 4.28. The lowest BCUT2D eigenvalue weighted by Gasteiger charge is -2.25. The largest absolute Gasteiger partial charge is 0.389 e. The molecule has 0 aliphatic rings. The summed E-state index contributed by atoms with van der Waals surface area (Å²) in [7, 11) is -3.65. The van der Waals surface area contributed by atoms with Crippen LogP contribution >= 0.6 is 15.9 Å². The number of pyridine rings is 1. The van der Waals surface area contributed by atoms with Gasteiger partial charge in [-0.1, -0.05) is 13.8 Å². The molecule has 0 spiro atoms. The molecular weight excluding hydrogens is 332 g/mol. The fourth-order valence-electron chi connectivity index (χ4n) is 1.82. The Bertz CT molecular complexity index is 530. The highest BCUT2D eigenvalue weighted by Gasteiger charge is 2.25. The van der Waals surface area contributed by atoms with Crippen molar-refractivity contribution in [3.63, 3.8) is 0 Å². The van der Waals surface area contributed by atoms with Crippen molar-refractivity contribution in [2.45, 2.75) is 37.7 Å². The van der Waals surface area contributed by atoms with Gasteiger partial charge >= 0.3 is 0 Å². The van der Waals surface area contributed by atoms with E-state index in [0.29, 0.717) is 10.9 Å². The molecule has 0 fully saturated rings. The molecule has 7 heteroatoms. The summed E-state index contributed by atoms with van der Waals surface area (Å²) in [6.45, 7) is 5.54. The zero-order valence-electron chi connectivity index (χ0n) is 11.2. The molecule has 19 heavy (non-hydrogen) atoms. The fraction of sp³-hybridized carbons (Fsp3) is 0.583. The lowest BCUT2D eigenvalue weighted by molar-refractivity contribution is 0.0437. The van der Waals surface area contributed by atoms with Crippen LogP contribution in [0.5, 0.6) is 0 Å². The molecule has 0 radical (unpaired) electrons. The first-order chi connectivity index (χ1) is 8.62. The molecule has 5 nitrogen and oxygen atoms in total. The highest BCUT2D eigenvalue weighted by Crippen LogP contribution is 2.17. The van der Waals surface area contributed by atoms with Crippen LogP contribution < -0.4 is 4.72 Å². The van der Waals surface area contributed by atoms with Gasteiger partial charge in [-0.25, -0.2) is 13.1 Å². The third-order valence-electron chi connectivity index (χ3n) is 2.48. The van der Waals surface area contributed by atoms with E-state index in [0.717, 1.165) is 0 Å². The number of aromatic nitrogens is 1. The van der Waals surface area contributed by atoms with Crippen LogP contribution in [0.1, 0.15) is 27.2 Å². The average molecular weight is 351 g/mol. The Morgan fingerprint density at radius 2 is 2.11 bits per heavy atom. The lowest BCUT2D eigenvalue weighted by atomic mass is 9.95. The van der Waals surface area contributed by atoms with Gasteiger partial charge in [0.15, 0.2) is 0 Å². The molecule has 1 heterocycles. The first-order valence-corrected chi connectivity index (χ1v) is 8.23. The number of aliphatic hydroxyl groups is 1. The maximum Gasteiger partial charge on any atom is 0.242 e. The minimum atomic E-state index is -3.65. The first-order valence-electron chi connectivity index (χ1n) is 5.95. The summed E-state index contributed by atoms with van der Waals surface area (Å²) >= 11 is 3.17. The van der Waals surface area contributed by atoms with Gasteiger partial charge in [-0.05, 0) is 41.3 Å². The Labute approximate surface area is 122 Å². The molecule has 1 aromatic heterocycles. The minimum absolute atomic E-state index is 0.0278. The highest BCUT2D eigenvalue weighted by molar-refractivity contribution is 9.10. The number of nitrogens with zero attached hydrogens (tertiary/aromatic N) is 1. The lowest BCUT2D eigenvalue weighted by Crippen LogP contribution is -2.41. The standard InChI is InChI=1S/C12H19BrN2O3S/c1-9(2)5-12(3,16)8-15-19(17,18)11-4-10(13)6-14-7-11/h4,6-7,9,15-16H,5,8H2,1-3H3. The molecule has 0 amide bonds. The summed E-state index contributed by atoms with van der Waals surface area (Å²) in [6.07, 6.45) is 3.30. The van der Waals surface area contributed by atoms with Gasteiger partial charge in [0, 0.05) is 23.4 Å². The summed E-state index contributed by atoms with van der Waals surface area (Å²) < 4.78 is 27.1. The van der Waals surface area contributed by atoms with Gasteiger partial charge in [-0.3, -0.25) is 4.98 Å². The molecule has 1 unspecified atom stereocenters. The molecule has 1 atom stereocenters. The third kappa shape index (κ3) is 5.56. The van der Waals surface area contributed by atoms with E-state index in [1.807, 2.05) is 13.8 Å². The molecule has 2 N–H and O–H groups in total. The molecule has 1 aromatic rings. The zero-order valence-corrected chi connectivity index (χ0v) is 13.6. The predicted molar refractivity (Wildman–Crippen MR) is 77.2 cm³/mol. The maximum atomic E-state index is 12.0. The number of sulfonamides is 1. The normalized spacial score (nSPS) is 15.5. The van der Waals surface area contributed by atoms with Gasteiger partial charge in [0.05, 0.1) is 5.60 Å². The van der Waals surface area contributed by atoms with Crippen molar-refractivity contribution in [3.05, 3.63) is 22.9 Å². The van der Waals surface area contributed by atoms with Crippen molar-refractivity contribution >= 4 is 26.0 Å². The van der Waals surface area contributed by atoms with E-state index in [1.54, 1.807) is 6.92 Å². The minimum Gasteiger partial charge on any atom is -0.389 e. The van der Waals surface area contributed by atoms with Crippen LogP contribution in [-0.2, 0) is 10.0 Å². The maximum absolute atomic E-state index is 12.0. The van der Waals surface area contributed by atoms with Crippen LogP contribution in [0.25, 0.3) is 0 Å². The molecule has 0 aliphatic heterocycles. The van der Waals surface area contributed by atoms with Crippen LogP contribution in [0.15, 0.2) is 27.8 Å². The summed E-state index contributed by atoms with van der Waals surface area (Å²) in [5, 5.41) is 10.1. The molecule has 0 aliphatic carbocycles. The second-order valence-corrected chi connectivity index (χ2v) is 7.94. The predicted octanol–water partition coefficient (Wildman–Crippen LogP) is 1.92. The quantitative estimate of drug-likeness (QED) is 0.821. The molecule has 0 saturated carbocycles. The monoisotopic (exact) mass is 350 g/mol. The van der Waals surface area contributed by atoms with Crippen molar-refractivity contribution < 1.29 is 13.5 Å². The van der Waals surface area contributed by atoms with E-state index in [4.69, 9.17) is 0 Å². The highest BCUT2D eigenvalue weighted by atomic mass is 79.9. The zero-order chi connectivity index (χ0) is 14.7. The number of rotatable bonds is 6. The Hall–Kier alpha value is -0.500. The van der Waals surface area contributed by atoms with Crippen LogP contribution in [-0.4, -0.2) is 30.7 Å². The average Bonchev–Trinajstić information content (AvgIpc) is 2.25. The molecule has 0 bridgehead atoms. The van der Waals surface area contributed by atoms with Crippen LogP contribution in [0, 0.1) is 5.92 Å². The Kier molecular flexibility index (Phi) is 5.49. The fourth-order valence-corrected chi connectivity index (χ4v) is 3.49. The van der Waals surface area contributed by atoms with Gasteiger partial charge in [0.1, 0.15) is 4.90 Å². The van der Waals surface area contributed by atoms with Gasteiger partial charge in [-0.2, -0.15) is 0 Å². The number of nitrogens with one attached hydrogen (secondary N) is 1. The Balaban J connectivity index is 2.76. The molecular formula is C12H19BrN2O3S. The van der Waals surface area contributed by atoms with Crippen molar-refractivity contribution in [1.29, 1.82) is 0 Å². The van der Waals surface area contributed by atoms with Crippen molar-refractivity contribution in [3.8, 4) is 0 Å². The van der Waals surface area contributed by atoms with E-state index >= 15 is 0 Å². The SMILES string of the molecule is CC(C)CC(C)(O)CNS(=O)(=O)c1cncc(Br)c1. The summed E-state index contributed by atoms with van der Waals surface area (Å²) in [4.78, 5) is 3.89. The van der Waals surface area contributed by atoms with E-state index in [2.05, 4.69) is 25.6 Å². The van der Waals surface area contributed by atoms with E-state index in [9.17, 15) is 13.5 Å². The van der Waals surface area contributed by atoms with Gasteiger partial charge in [0.25, 0.3) is 0 Å². The van der Waals surface area contributed by atoms with Gasteiger partial charge in [0.2, 0.25) is 10.0 Å². The smallest absolute Gasteiger partial charge is 0.242 e. The molecule has 0 saturated heterocycles. The second kappa shape index (κ2) is 6.30. The number of hydrogen-bond acceptors (Lipinski definition) is 4. The number of hydrogen-bond donors (Lipinski definition) is 2. The van der Waals surface area contributed by atoms with Gasteiger partial charge in [-0.15, -0.1) is 0 Å². The topological polar surface area (TPSA) is 79.3 Å². The van der Waals surface area contributed by atoms with E-state index in [-0.39, 0.29) is 17.4 Å². The van der Waals surface area contributed by atoms with Gasteiger partial charge < -0.3 is 5.11 Å². The summed E-state index contributed by atoms with van der Waals surface area (Å²) in [6, 6.07) is 1.46. The van der Waals surface area contributed by atoms with E-state index < -0.39 is 15.6 Å². The summed E-state index contributed by atoms with van der Waals surface area (Å²) in [5.74, 6) is 0.284. The van der Waals surface area contributed by atoms with Crippen molar-refractivity contribution in [2.75, 3.05) is 6.54 Å². The van der Waals surface area contributed by atoms with Crippen LogP contribution in [0.3, 0.4) is 0 Å².